The second-order valence-corrected chi connectivity index (χ2v) is 4.36. The predicted molar refractivity (Wildman–Crippen MR) is 74.7 cm³/mol. The van der Waals surface area contributed by atoms with Crippen molar-refractivity contribution in [1.29, 1.82) is 0 Å². The number of rotatable bonds is 3. The van der Waals surface area contributed by atoms with Crippen LogP contribution in [0.3, 0.4) is 0 Å². The Hall–Kier alpha value is -2.03. The first-order valence-electron chi connectivity index (χ1n) is 6.01. The van der Waals surface area contributed by atoms with Gasteiger partial charge in [0.25, 0.3) is 0 Å². The lowest BCUT2D eigenvalue weighted by atomic mass is 10.1. The molecule has 18 heavy (non-hydrogen) atoms. The van der Waals surface area contributed by atoms with Gasteiger partial charge in [0, 0.05) is 5.69 Å². The molecule has 0 aliphatic rings. The van der Waals surface area contributed by atoms with Crippen molar-refractivity contribution in [1.82, 2.24) is 0 Å². The zero-order valence-electron chi connectivity index (χ0n) is 10.6. The molecule has 0 spiro atoms. The topological polar surface area (TPSA) is 38.0 Å². The van der Waals surface area contributed by atoms with E-state index in [1.54, 1.807) is 13.0 Å². The number of hydrogen-bond donors (Lipinski definition) is 2. The van der Waals surface area contributed by atoms with Gasteiger partial charge in [-0.3, -0.25) is 0 Å². The Morgan fingerprint density at radius 2 is 1.83 bits per heavy atom. The predicted octanol–water partition coefficient (Wildman–Crippen LogP) is 4.02. The Labute approximate surface area is 107 Å². The van der Waals surface area contributed by atoms with Gasteiger partial charge in [0.1, 0.15) is 5.82 Å². The number of aryl methyl sites for hydroxylation is 2. The minimum atomic E-state index is -0.278. The number of nitrogens with two attached hydrogens (primary N) is 1. The van der Waals surface area contributed by atoms with Crippen LogP contribution in [0.5, 0.6) is 0 Å². The van der Waals surface area contributed by atoms with E-state index in [0.29, 0.717) is 11.3 Å². The van der Waals surface area contributed by atoms with Crippen LogP contribution in [0.2, 0.25) is 0 Å². The van der Waals surface area contributed by atoms with Gasteiger partial charge in [-0.15, -0.1) is 0 Å². The smallest absolute Gasteiger partial charge is 0.128 e. The van der Waals surface area contributed by atoms with Gasteiger partial charge < -0.3 is 11.1 Å². The van der Waals surface area contributed by atoms with Crippen molar-refractivity contribution in [2.24, 2.45) is 0 Å². The third-order valence-corrected chi connectivity index (χ3v) is 2.97. The fourth-order valence-electron chi connectivity index (χ4n) is 1.78. The highest BCUT2D eigenvalue weighted by molar-refractivity contribution is 5.73. The van der Waals surface area contributed by atoms with Crippen molar-refractivity contribution in [2.75, 3.05) is 11.1 Å². The summed E-state index contributed by atoms with van der Waals surface area (Å²) < 4.78 is 13.3. The normalized spacial score (nSPS) is 10.4. The summed E-state index contributed by atoms with van der Waals surface area (Å²) in [5, 5.41) is 3.20. The van der Waals surface area contributed by atoms with Crippen LogP contribution in [0.25, 0.3) is 0 Å². The molecule has 0 fully saturated rings. The Morgan fingerprint density at radius 1 is 1.17 bits per heavy atom. The average molecular weight is 244 g/mol. The van der Waals surface area contributed by atoms with Gasteiger partial charge in [-0.2, -0.15) is 0 Å². The Kier molecular flexibility index (Phi) is 3.51. The number of hydrogen-bond acceptors (Lipinski definition) is 2. The van der Waals surface area contributed by atoms with E-state index in [-0.39, 0.29) is 5.82 Å². The maximum atomic E-state index is 13.3. The zero-order valence-corrected chi connectivity index (χ0v) is 10.6. The van der Waals surface area contributed by atoms with Crippen molar-refractivity contribution in [3.63, 3.8) is 0 Å². The lowest BCUT2D eigenvalue weighted by Crippen LogP contribution is -1.98. The molecule has 2 nitrogen and oxygen atoms in total. The van der Waals surface area contributed by atoms with Gasteiger partial charge in [-0.25, -0.2) is 4.39 Å². The second-order valence-electron chi connectivity index (χ2n) is 4.36. The van der Waals surface area contributed by atoms with E-state index in [0.717, 1.165) is 17.8 Å². The third kappa shape index (κ3) is 2.62. The van der Waals surface area contributed by atoms with Crippen molar-refractivity contribution in [2.45, 2.75) is 20.3 Å². The lowest BCUT2D eigenvalue weighted by Gasteiger charge is -2.11. The summed E-state index contributed by atoms with van der Waals surface area (Å²) in [7, 11) is 0. The monoisotopic (exact) mass is 244 g/mol. The molecule has 2 rings (SSSR count). The summed E-state index contributed by atoms with van der Waals surface area (Å²) in [6, 6.07) is 11.2. The summed E-state index contributed by atoms with van der Waals surface area (Å²) in [5.41, 5.74) is 9.75. The molecule has 2 aromatic carbocycles. The van der Waals surface area contributed by atoms with E-state index in [4.69, 9.17) is 5.73 Å². The van der Waals surface area contributed by atoms with Gasteiger partial charge in [0.2, 0.25) is 0 Å². The molecule has 3 N–H and O–H groups in total. The summed E-state index contributed by atoms with van der Waals surface area (Å²) in [4.78, 5) is 0. The van der Waals surface area contributed by atoms with E-state index in [9.17, 15) is 4.39 Å². The van der Waals surface area contributed by atoms with Gasteiger partial charge in [0.05, 0.1) is 11.4 Å². The molecule has 0 bridgehead atoms. The van der Waals surface area contributed by atoms with Crippen LogP contribution in [0.1, 0.15) is 18.1 Å². The highest BCUT2D eigenvalue weighted by Crippen LogP contribution is 2.26. The number of halogens is 1. The van der Waals surface area contributed by atoms with E-state index in [1.165, 1.54) is 11.6 Å². The highest BCUT2D eigenvalue weighted by atomic mass is 19.1. The summed E-state index contributed by atoms with van der Waals surface area (Å²) >= 11 is 0. The maximum Gasteiger partial charge on any atom is 0.128 e. The minimum Gasteiger partial charge on any atom is -0.397 e. The molecule has 0 aliphatic heterocycles. The first-order chi connectivity index (χ1) is 8.60. The molecule has 0 amide bonds. The number of nitrogen functional groups attached to an aromatic ring is 1. The standard InChI is InChI=1S/C15H17FN2/c1-3-11-4-6-12(7-5-11)18-15-8-10(2)13(16)9-14(15)17/h4-9,18H,3,17H2,1-2H3. The molecule has 0 unspecified atom stereocenters. The van der Waals surface area contributed by atoms with E-state index >= 15 is 0 Å². The van der Waals surface area contributed by atoms with E-state index in [1.807, 2.05) is 12.1 Å². The second kappa shape index (κ2) is 5.08. The maximum absolute atomic E-state index is 13.3. The summed E-state index contributed by atoms with van der Waals surface area (Å²) in [5.74, 6) is -0.278. The molecular weight excluding hydrogens is 227 g/mol. The minimum absolute atomic E-state index is 0.278. The van der Waals surface area contributed by atoms with Crippen LogP contribution < -0.4 is 11.1 Å². The van der Waals surface area contributed by atoms with Crippen LogP contribution >= 0.6 is 0 Å². The van der Waals surface area contributed by atoms with Crippen molar-refractivity contribution in [3.8, 4) is 0 Å². The average Bonchev–Trinajstić information content (AvgIpc) is 2.37. The van der Waals surface area contributed by atoms with Gasteiger partial charge in [0.15, 0.2) is 0 Å². The fraction of sp³-hybridized carbons (Fsp3) is 0.200. The molecule has 0 saturated heterocycles. The van der Waals surface area contributed by atoms with E-state index in [2.05, 4.69) is 24.4 Å². The van der Waals surface area contributed by atoms with Crippen molar-refractivity contribution in [3.05, 3.63) is 53.3 Å². The summed E-state index contributed by atoms with van der Waals surface area (Å²) in [6.45, 7) is 3.84. The molecule has 0 heterocycles. The SMILES string of the molecule is CCc1ccc(Nc2cc(C)c(F)cc2N)cc1. The number of benzene rings is 2. The molecule has 0 aromatic heterocycles. The largest absolute Gasteiger partial charge is 0.397 e. The molecule has 0 atom stereocenters. The molecule has 94 valence electrons. The first kappa shape index (κ1) is 12.4. The number of nitrogens with one attached hydrogen (secondary N) is 1. The van der Waals surface area contributed by atoms with Crippen LogP contribution in [0.4, 0.5) is 21.5 Å². The van der Waals surface area contributed by atoms with Gasteiger partial charge >= 0.3 is 0 Å². The molecule has 2 aromatic rings. The Balaban J connectivity index is 2.25. The lowest BCUT2D eigenvalue weighted by molar-refractivity contribution is 0.619. The van der Waals surface area contributed by atoms with E-state index < -0.39 is 0 Å². The zero-order chi connectivity index (χ0) is 13.1. The van der Waals surface area contributed by atoms with Gasteiger partial charge in [-0.1, -0.05) is 19.1 Å². The molecule has 0 radical (unpaired) electrons. The van der Waals surface area contributed by atoms with Crippen LogP contribution in [-0.2, 0) is 6.42 Å². The first-order valence-corrected chi connectivity index (χ1v) is 6.01. The van der Waals surface area contributed by atoms with Crippen LogP contribution in [-0.4, -0.2) is 0 Å². The van der Waals surface area contributed by atoms with Gasteiger partial charge in [-0.05, 0) is 48.7 Å². The van der Waals surface area contributed by atoms with Crippen LogP contribution in [0, 0.1) is 12.7 Å². The molecule has 0 aliphatic carbocycles. The Morgan fingerprint density at radius 3 is 2.44 bits per heavy atom. The third-order valence-electron chi connectivity index (χ3n) is 2.97. The Bertz CT molecular complexity index is 547. The highest BCUT2D eigenvalue weighted by Gasteiger charge is 2.05. The van der Waals surface area contributed by atoms with Crippen molar-refractivity contribution >= 4 is 17.1 Å². The molecular formula is C15H17FN2. The summed E-state index contributed by atoms with van der Waals surface area (Å²) in [6.07, 6.45) is 1.01. The fourth-order valence-corrected chi connectivity index (χ4v) is 1.78. The quantitative estimate of drug-likeness (QED) is 0.800. The molecule has 0 saturated carbocycles. The van der Waals surface area contributed by atoms with Crippen molar-refractivity contribution < 1.29 is 4.39 Å². The molecule has 3 heteroatoms. The number of anilines is 3. The van der Waals surface area contributed by atoms with Crippen LogP contribution in [0.15, 0.2) is 36.4 Å².